The number of carbonyl (C=O) groups excluding carboxylic acids is 2. The van der Waals surface area contributed by atoms with Gasteiger partial charge in [0.05, 0.1) is 11.6 Å². The summed E-state index contributed by atoms with van der Waals surface area (Å²) in [5, 5.41) is 1.07. The van der Waals surface area contributed by atoms with Gasteiger partial charge in [0.25, 0.3) is 0 Å². The van der Waals surface area contributed by atoms with E-state index < -0.39 is 5.92 Å². The van der Waals surface area contributed by atoms with Crippen LogP contribution in [0.1, 0.15) is 12.0 Å². The average molecular weight is 470 g/mol. The average Bonchev–Trinajstić information content (AvgIpc) is 3.20. The third-order valence-electron chi connectivity index (χ3n) is 5.17. The number of rotatable bonds is 7. The molecular weight excluding hydrogens is 449 g/mol. The van der Waals surface area contributed by atoms with Gasteiger partial charge in [-0.25, -0.2) is 0 Å². The number of hydrazine groups is 1. The number of anilines is 2. The summed E-state index contributed by atoms with van der Waals surface area (Å²) in [4.78, 5) is 26.6. The lowest BCUT2D eigenvalue weighted by Crippen LogP contribution is -2.36. The molecule has 6 nitrogen and oxygen atoms in total. The zero-order valence-corrected chi connectivity index (χ0v) is 18.6. The number of benzene rings is 3. The summed E-state index contributed by atoms with van der Waals surface area (Å²) in [5.74, 6) is -0.153. The van der Waals surface area contributed by atoms with E-state index in [4.69, 9.17) is 27.9 Å². The second-order valence-corrected chi connectivity index (χ2v) is 8.19. The molecule has 8 heteroatoms. The van der Waals surface area contributed by atoms with Crippen LogP contribution in [0.4, 0.5) is 11.4 Å². The van der Waals surface area contributed by atoms with Crippen molar-refractivity contribution in [1.29, 1.82) is 0 Å². The van der Waals surface area contributed by atoms with Gasteiger partial charge in [-0.05, 0) is 36.4 Å². The molecule has 0 bridgehead atoms. The molecule has 1 atom stereocenters. The fraction of sp³-hybridized carbons (Fsp3) is 0.167. The summed E-state index contributed by atoms with van der Waals surface area (Å²) in [6.45, 7) is 0.561. The third kappa shape index (κ3) is 5.15. The van der Waals surface area contributed by atoms with Crippen molar-refractivity contribution < 1.29 is 14.3 Å². The van der Waals surface area contributed by atoms with E-state index in [2.05, 4.69) is 10.9 Å². The van der Waals surface area contributed by atoms with Crippen molar-refractivity contribution in [3.63, 3.8) is 0 Å². The molecule has 2 N–H and O–H groups in total. The highest BCUT2D eigenvalue weighted by atomic mass is 35.5. The minimum Gasteiger partial charge on any atom is -0.489 e. The molecule has 0 spiro atoms. The number of amides is 2. The van der Waals surface area contributed by atoms with Crippen molar-refractivity contribution in [2.75, 3.05) is 16.9 Å². The predicted molar refractivity (Wildman–Crippen MR) is 126 cm³/mol. The molecule has 0 aromatic heterocycles. The maximum Gasteiger partial charge on any atom is 0.243 e. The topological polar surface area (TPSA) is 70.7 Å². The monoisotopic (exact) mass is 469 g/mol. The Kier molecular flexibility index (Phi) is 6.83. The minimum atomic E-state index is -0.433. The molecular formula is C24H21Cl2N3O3. The summed E-state index contributed by atoms with van der Waals surface area (Å²) in [6.07, 6.45) is 0.171. The Morgan fingerprint density at radius 3 is 2.47 bits per heavy atom. The van der Waals surface area contributed by atoms with Gasteiger partial charge < -0.3 is 9.64 Å². The smallest absolute Gasteiger partial charge is 0.243 e. The Morgan fingerprint density at radius 2 is 1.72 bits per heavy atom. The molecule has 1 aliphatic heterocycles. The standard InChI is InChI=1S/C24H21Cl2N3O3/c25-21-10-5-11-22(26)20(21)15-32-19-9-4-6-17(13-19)27-28-24(31)16-12-23(30)29(14-16)18-7-2-1-3-8-18/h1-11,13,16,27H,12,14-15H2,(H,28,31)/t16-/m1/s1. The van der Waals surface area contributed by atoms with E-state index in [0.717, 1.165) is 5.69 Å². The van der Waals surface area contributed by atoms with E-state index in [1.54, 1.807) is 47.4 Å². The molecule has 1 heterocycles. The van der Waals surface area contributed by atoms with Gasteiger partial charge in [-0.3, -0.25) is 20.4 Å². The number of carbonyl (C=O) groups is 2. The Morgan fingerprint density at radius 1 is 1.00 bits per heavy atom. The minimum absolute atomic E-state index is 0.0648. The first-order valence-electron chi connectivity index (χ1n) is 10.1. The summed E-state index contributed by atoms with van der Waals surface area (Å²) < 4.78 is 5.81. The van der Waals surface area contributed by atoms with Gasteiger partial charge in [-0.2, -0.15) is 0 Å². The molecule has 0 unspecified atom stereocenters. The lowest BCUT2D eigenvalue weighted by molar-refractivity contribution is -0.125. The van der Waals surface area contributed by atoms with Crippen LogP contribution in [0.15, 0.2) is 72.8 Å². The molecule has 32 heavy (non-hydrogen) atoms. The molecule has 0 aliphatic carbocycles. The molecule has 0 saturated carbocycles. The summed E-state index contributed by atoms with van der Waals surface area (Å²) in [7, 11) is 0. The molecule has 1 aliphatic rings. The van der Waals surface area contributed by atoms with E-state index >= 15 is 0 Å². The van der Waals surface area contributed by atoms with Crippen LogP contribution in [-0.4, -0.2) is 18.4 Å². The van der Waals surface area contributed by atoms with Gasteiger partial charge in [0.1, 0.15) is 12.4 Å². The maximum absolute atomic E-state index is 12.6. The van der Waals surface area contributed by atoms with Gasteiger partial charge in [0.15, 0.2) is 0 Å². The van der Waals surface area contributed by atoms with E-state index in [0.29, 0.717) is 33.6 Å². The number of halogens is 2. The Hall–Kier alpha value is -3.22. The van der Waals surface area contributed by atoms with Crippen molar-refractivity contribution >= 4 is 46.4 Å². The molecule has 2 amide bonds. The van der Waals surface area contributed by atoms with Gasteiger partial charge in [-0.15, -0.1) is 0 Å². The Bertz CT molecular complexity index is 1100. The van der Waals surface area contributed by atoms with Crippen molar-refractivity contribution in [3.8, 4) is 5.75 Å². The molecule has 164 valence electrons. The number of hydrogen-bond donors (Lipinski definition) is 2. The maximum atomic E-state index is 12.6. The van der Waals surface area contributed by atoms with Crippen molar-refractivity contribution in [2.45, 2.75) is 13.0 Å². The molecule has 1 fully saturated rings. The van der Waals surface area contributed by atoms with E-state index in [9.17, 15) is 9.59 Å². The normalized spacial score (nSPS) is 15.5. The Labute approximate surface area is 196 Å². The van der Waals surface area contributed by atoms with Crippen molar-refractivity contribution in [2.24, 2.45) is 5.92 Å². The van der Waals surface area contributed by atoms with Crippen LogP contribution >= 0.6 is 23.2 Å². The second-order valence-electron chi connectivity index (χ2n) is 7.37. The number of ether oxygens (including phenoxy) is 1. The molecule has 0 radical (unpaired) electrons. The van der Waals surface area contributed by atoms with Crippen molar-refractivity contribution in [3.05, 3.63) is 88.4 Å². The molecule has 3 aromatic rings. The molecule has 3 aromatic carbocycles. The predicted octanol–water partition coefficient (Wildman–Crippen LogP) is 5.07. The zero-order chi connectivity index (χ0) is 22.5. The SMILES string of the molecule is O=C(NNc1cccc(OCc2c(Cl)cccc2Cl)c1)[C@@H]1CC(=O)N(c2ccccc2)C1. The largest absolute Gasteiger partial charge is 0.489 e. The lowest BCUT2D eigenvalue weighted by Gasteiger charge is -2.17. The number of nitrogens with zero attached hydrogens (tertiary/aromatic N) is 1. The lowest BCUT2D eigenvalue weighted by atomic mass is 10.1. The van der Waals surface area contributed by atoms with Crippen LogP contribution in [0.25, 0.3) is 0 Å². The van der Waals surface area contributed by atoms with E-state index in [-0.39, 0.29) is 24.8 Å². The third-order valence-corrected chi connectivity index (χ3v) is 5.88. The number of para-hydroxylation sites is 1. The van der Waals surface area contributed by atoms with Crippen LogP contribution in [0.5, 0.6) is 5.75 Å². The molecule has 1 saturated heterocycles. The van der Waals surface area contributed by atoms with Crippen LogP contribution in [0, 0.1) is 5.92 Å². The fourth-order valence-corrected chi connectivity index (χ4v) is 3.97. The first-order valence-corrected chi connectivity index (χ1v) is 10.8. The van der Waals surface area contributed by atoms with Crippen LogP contribution in [-0.2, 0) is 16.2 Å². The fourth-order valence-electron chi connectivity index (χ4n) is 3.47. The van der Waals surface area contributed by atoms with Crippen LogP contribution < -0.4 is 20.5 Å². The van der Waals surface area contributed by atoms with Gasteiger partial charge in [0.2, 0.25) is 11.8 Å². The first kappa shape index (κ1) is 22.0. The van der Waals surface area contributed by atoms with Gasteiger partial charge in [-0.1, -0.05) is 53.5 Å². The number of nitrogens with one attached hydrogen (secondary N) is 2. The van der Waals surface area contributed by atoms with E-state index in [1.165, 1.54) is 0 Å². The highest BCUT2D eigenvalue weighted by Crippen LogP contribution is 2.27. The quantitative estimate of drug-likeness (QED) is 0.474. The Balaban J connectivity index is 1.32. The molecule has 4 rings (SSSR count). The second kappa shape index (κ2) is 9.94. The van der Waals surface area contributed by atoms with Gasteiger partial charge >= 0.3 is 0 Å². The first-order chi connectivity index (χ1) is 15.5. The van der Waals surface area contributed by atoms with Crippen molar-refractivity contribution in [1.82, 2.24) is 5.43 Å². The van der Waals surface area contributed by atoms with Crippen LogP contribution in [0.3, 0.4) is 0 Å². The zero-order valence-electron chi connectivity index (χ0n) is 17.1. The van der Waals surface area contributed by atoms with E-state index in [1.807, 2.05) is 30.3 Å². The highest BCUT2D eigenvalue weighted by molar-refractivity contribution is 6.35. The van der Waals surface area contributed by atoms with Crippen LogP contribution in [0.2, 0.25) is 10.0 Å². The summed E-state index contributed by atoms with van der Waals surface area (Å²) >= 11 is 12.4. The summed E-state index contributed by atoms with van der Waals surface area (Å²) in [5.41, 5.74) is 7.72. The summed E-state index contributed by atoms with van der Waals surface area (Å²) in [6, 6.07) is 21.8. The number of hydrogen-bond acceptors (Lipinski definition) is 4. The highest BCUT2D eigenvalue weighted by Gasteiger charge is 2.35. The van der Waals surface area contributed by atoms with Gasteiger partial charge in [0, 0.05) is 40.3 Å².